The molecular weight excluding hydrogens is 386 g/mol. The van der Waals surface area contributed by atoms with Crippen LogP contribution in [0.2, 0.25) is 5.02 Å². The SMILES string of the molecule is CCC(C)(C)C(=O)Nc1ccc(N2CCN(C(=O)c3ccccc3)CC2)c(Cl)c1. The lowest BCUT2D eigenvalue weighted by molar-refractivity contribution is -0.124. The van der Waals surface area contributed by atoms with Crippen LogP contribution >= 0.6 is 11.6 Å². The van der Waals surface area contributed by atoms with E-state index in [2.05, 4.69) is 10.2 Å². The topological polar surface area (TPSA) is 52.7 Å². The van der Waals surface area contributed by atoms with Crippen molar-refractivity contribution < 1.29 is 9.59 Å². The van der Waals surface area contributed by atoms with E-state index in [0.717, 1.165) is 12.1 Å². The Morgan fingerprint density at radius 3 is 2.28 bits per heavy atom. The first-order chi connectivity index (χ1) is 13.8. The maximum absolute atomic E-state index is 12.6. The van der Waals surface area contributed by atoms with Crippen molar-refractivity contribution in [2.24, 2.45) is 5.41 Å². The molecule has 2 aromatic carbocycles. The summed E-state index contributed by atoms with van der Waals surface area (Å²) in [5, 5.41) is 3.55. The summed E-state index contributed by atoms with van der Waals surface area (Å²) in [6.45, 7) is 8.57. The molecule has 0 unspecified atom stereocenters. The number of piperazine rings is 1. The fraction of sp³-hybridized carbons (Fsp3) is 0.391. The number of hydrogen-bond acceptors (Lipinski definition) is 3. The highest BCUT2D eigenvalue weighted by Crippen LogP contribution is 2.31. The molecule has 5 nitrogen and oxygen atoms in total. The standard InChI is InChI=1S/C23H28ClN3O2/c1-4-23(2,3)22(29)25-18-10-11-20(19(24)16-18)26-12-14-27(15-13-26)21(28)17-8-6-5-7-9-17/h5-11,16H,4,12-15H2,1-3H3,(H,25,29). The smallest absolute Gasteiger partial charge is 0.253 e. The average molecular weight is 414 g/mol. The van der Waals surface area contributed by atoms with Crippen LogP contribution < -0.4 is 10.2 Å². The largest absolute Gasteiger partial charge is 0.367 e. The summed E-state index contributed by atoms with van der Waals surface area (Å²) < 4.78 is 0. The highest BCUT2D eigenvalue weighted by atomic mass is 35.5. The summed E-state index contributed by atoms with van der Waals surface area (Å²) in [6, 6.07) is 15.0. The van der Waals surface area contributed by atoms with Crippen molar-refractivity contribution in [2.75, 3.05) is 36.4 Å². The zero-order valence-corrected chi connectivity index (χ0v) is 18.0. The summed E-state index contributed by atoms with van der Waals surface area (Å²) in [6.07, 6.45) is 0.761. The van der Waals surface area contributed by atoms with Gasteiger partial charge >= 0.3 is 0 Å². The molecule has 6 heteroatoms. The number of hydrogen-bond donors (Lipinski definition) is 1. The summed E-state index contributed by atoms with van der Waals surface area (Å²) in [7, 11) is 0. The van der Waals surface area contributed by atoms with Crippen LogP contribution in [0.3, 0.4) is 0 Å². The Bertz CT molecular complexity index is 875. The average Bonchev–Trinajstić information content (AvgIpc) is 2.74. The molecule has 1 fully saturated rings. The number of rotatable bonds is 5. The lowest BCUT2D eigenvalue weighted by atomic mass is 9.89. The zero-order chi connectivity index (χ0) is 21.0. The fourth-order valence-corrected chi connectivity index (χ4v) is 3.52. The molecule has 0 radical (unpaired) electrons. The monoisotopic (exact) mass is 413 g/mol. The van der Waals surface area contributed by atoms with E-state index < -0.39 is 5.41 Å². The molecule has 0 aromatic heterocycles. The van der Waals surface area contributed by atoms with Crippen LogP contribution in [0.25, 0.3) is 0 Å². The Morgan fingerprint density at radius 1 is 1.03 bits per heavy atom. The number of halogens is 1. The first kappa shape index (κ1) is 21.2. The molecule has 154 valence electrons. The van der Waals surface area contributed by atoms with Crippen molar-refractivity contribution in [3.8, 4) is 0 Å². The molecule has 0 saturated carbocycles. The molecule has 1 saturated heterocycles. The van der Waals surface area contributed by atoms with Gasteiger partial charge in [0.15, 0.2) is 0 Å². The van der Waals surface area contributed by atoms with Crippen LogP contribution in [0, 0.1) is 5.41 Å². The van der Waals surface area contributed by atoms with E-state index in [-0.39, 0.29) is 11.8 Å². The number of nitrogens with zero attached hydrogens (tertiary/aromatic N) is 2. The van der Waals surface area contributed by atoms with Gasteiger partial charge in [-0.05, 0) is 36.8 Å². The van der Waals surface area contributed by atoms with Gasteiger partial charge in [0.1, 0.15) is 0 Å². The maximum atomic E-state index is 12.6. The molecule has 29 heavy (non-hydrogen) atoms. The van der Waals surface area contributed by atoms with E-state index in [1.165, 1.54) is 0 Å². The van der Waals surface area contributed by atoms with Gasteiger partial charge in [-0.25, -0.2) is 0 Å². The van der Waals surface area contributed by atoms with Gasteiger partial charge in [-0.3, -0.25) is 9.59 Å². The fourth-order valence-electron chi connectivity index (χ4n) is 3.22. The van der Waals surface area contributed by atoms with Crippen LogP contribution in [-0.4, -0.2) is 42.9 Å². The summed E-state index contributed by atoms with van der Waals surface area (Å²) >= 11 is 6.52. The molecule has 1 heterocycles. The number of amides is 2. The van der Waals surface area contributed by atoms with Gasteiger partial charge in [0.05, 0.1) is 10.7 Å². The van der Waals surface area contributed by atoms with Crippen molar-refractivity contribution in [3.63, 3.8) is 0 Å². The molecule has 1 aliphatic rings. The van der Waals surface area contributed by atoms with Crippen LogP contribution in [0.5, 0.6) is 0 Å². The third-order valence-electron chi connectivity index (χ3n) is 5.63. The number of anilines is 2. The lowest BCUT2D eigenvalue weighted by Crippen LogP contribution is -2.48. The minimum absolute atomic E-state index is 0.0168. The van der Waals surface area contributed by atoms with Gasteiger partial charge < -0.3 is 15.1 Å². The van der Waals surface area contributed by atoms with E-state index in [1.807, 2.05) is 68.1 Å². The van der Waals surface area contributed by atoms with E-state index in [9.17, 15) is 9.59 Å². The van der Waals surface area contributed by atoms with E-state index in [4.69, 9.17) is 11.6 Å². The summed E-state index contributed by atoms with van der Waals surface area (Å²) in [5.41, 5.74) is 1.91. The van der Waals surface area contributed by atoms with Gasteiger partial charge in [-0.15, -0.1) is 0 Å². The third-order valence-corrected chi connectivity index (χ3v) is 5.94. The second-order valence-electron chi connectivity index (χ2n) is 8.00. The van der Waals surface area contributed by atoms with Crippen LogP contribution in [0.1, 0.15) is 37.6 Å². The summed E-state index contributed by atoms with van der Waals surface area (Å²) in [4.78, 5) is 29.0. The van der Waals surface area contributed by atoms with Gasteiger partial charge in [-0.2, -0.15) is 0 Å². The van der Waals surface area contributed by atoms with E-state index >= 15 is 0 Å². The molecule has 1 N–H and O–H groups in total. The minimum atomic E-state index is -0.424. The lowest BCUT2D eigenvalue weighted by Gasteiger charge is -2.36. The van der Waals surface area contributed by atoms with Crippen molar-refractivity contribution in [1.29, 1.82) is 0 Å². The highest BCUT2D eigenvalue weighted by molar-refractivity contribution is 6.33. The molecular formula is C23H28ClN3O2. The Balaban J connectivity index is 1.62. The quantitative estimate of drug-likeness (QED) is 0.774. The Morgan fingerprint density at radius 2 is 1.69 bits per heavy atom. The third kappa shape index (κ3) is 4.91. The van der Waals surface area contributed by atoms with Gasteiger partial charge in [0.25, 0.3) is 5.91 Å². The predicted molar refractivity (Wildman–Crippen MR) is 119 cm³/mol. The minimum Gasteiger partial charge on any atom is -0.367 e. The number of benzene rings is 2. The molecule has 0 atom stereocenters. The molecule has 0 aliphatic carbocycles. The first-order valence-corrected chi connectivity index (χ1v) is 10.4. The van der Waals surface area contributed by atoms with Crippen molar-refractivity contribution in [1.82, 2.24) is 4.90 Å². The zero-order valence-electron chi connectivity index (χ0n) is 17.2. The number of nitrogens with one attached hydrogen (secondary N) is 1. The summed E-state index contributed by atoms with van der Waals surface area (Å²) in [5.74, 6) is 0.0461. The van der Waals surface area contributed by atoms with E-state index in [1.54, 1.807) is 6.07 Å². The molecule has 2 aromatic rings. The highest BCUT2D eigenvalue weighted by Gasteiger charge is 2.26. The first-order valence-electron chi connectivity index (χ1n) is 10.0. The van der Waals surface area contributed by atoms with Crippen LogP contribution in [0.4, 0.5) is 11.4 Å². The van der Waals surface area contributed by atoms with E-state index in [0.29, 0.717) is 42.5 Å². The van der Waals surface area contributed by atoms with Gasteiger partial charge in [0.2, 0.25) is 5.91 Å². The predicted octanol–water partition coefficient (Wildman–Crippen LogP) is 4.68. The Kier molecular flexibility index (Phi) is 6.48. The second-order valence-corrected chi connectivity index (χ2v) is 8.41. The molecule has 1 aliphatic heterocycles. The van der Waals surface area contributed by atoms with Crippen molar-refractivity contribution in [2.45, 2.75) is 27.2 Å². The van der Waals surface area contributed by atoms with Crippen molar-refractivity contribution in [3.05, 3.63) is 59.1 Å². The van der Waals surface area contributed by atoms with Crippen LogP contribution in [0.15, 0.2) is 48.5 Å². The molecule has 0 bridgehead atoms. The number of carbonyl (C=O) groups is 2. The number of carbonyl (C=O) groups excluding carboxylic acids is 2. The Labute approximate surface area is 177 Å². The molecule has 0 spiro atoms. The van der Waals surface area contributed by atoms with Gasteiger partial charge in [0, 0.05) is 42.8 Å². The van der Waals surface area contributed by atoms with Gasteiger partial charge in [-0.1, -0.05) is 50.6 Å². The molecule has 2 amide bonds. The maximum Gasteiger partial charge on any atom is 0.253 e. The second kappa shape index (κ2) is 8.87. The Hall–Kier alpha value is -2.53. The normalized spacial score (nSPS) is 14.6. The molecule has 3 rings (SSSR count). The van der Waals surface area contributed by atoms with Crippen LogP contribution in [-0.2, 0) is 4.79 Å². The van der Waals surface area contributed by atoms with Crippen molar-refractivity contribution >= 4 is 34.8 Å².